The van der Waals surface area contributed by atoms with Crippen LogP contribution in [-0.2, 0) is 11.2 Å². The number of halogens is 2. The molecule has 0 fully saturated rings. The summed E-state index contributed by atoms with van der Waals surface area (Å²) in [5.41, 5.74) is 2.25. The summed E-state index contributed by atoms with van der Waals surface area (Å²) in [5, 5.41) is 3.54. The van der Waals surface area contributed by atoms with Gasteiger partial charge in [0.2, 0.25) is 5.91 Å². The van der Waals surface area contributed by atoms with Gasteiger partial charge in [0.05, 0.1) is 17.1 Å². The van der Waals surface area contributed by atoms with Crippen molar-refractivity contribution in [1.82, 2.24) is 9.97 Å². The predicted molar refractivity (Wildman–Crippen MR) is 93.8 cm³/mol. The molecule has 7 heteroatoms. The zero-order valence-electron chi connectivity index (χ0n) is 12.7. The molecule has 0 bridgehead atoms. The molecule has 122 valence electrons. The number of thiazole rings is 1. The van der Waals surface area contributed by atoms with Crippen molar-refractivity contribution in [2.45, 2.75) is 13.3 Å². The summed E-state index contributed by atoms with van der Waals surface area (Å²) in [5.74, 6) is -0.722. The number of hydrogen-bond acceptors (Lipinski definition) is 4. The summed E-state index contributed by atoms with van der Waals surface area (Å²) < 4.78 is 13.1. The molecule has 0 radical (unpaired) electrons. The zero-order chi connectivity index (χ0) is 17.1. The Kier molecular flexibility index (Phi) is 4.87. The molecule has 2 aromatic heterocycles. The first kappa shape index (κ1) is 16.5. The van der Waals surface area contributed by atoms with Crippen LogP contribution in [0, 0.1) is 12.7 Å². The lowest BCUT2D eigenvalue weighted by atomic mass is 10.2. The third-order valence-corrected chi connectivity index (χ3v) is 4.84. The van der Waals surface area contributed by atoms with Crippen LogP contribution in [0.3, 0.4) is 0 Å². The Balaban J connectivity index is 1.72. The number of carbonyl (C=O) groups excluding carboxylic acids is 1. The third-order valence-electron chi connectivity index (χ3n) is 3.34. The number of aromatic nitrogens is 2. The molecule has 0 saturated carbocycles. The first-order valence-electron chi connectivity index (χ1n) is 7.14. The molecule has 24 heavy (non-hydrogen) atoms. The molecule has 1 amide bonds. The smallest absolute Gasteiger partial charge is 0.229 e. The van der Waals surface area contributed by atoms with Gasteiger partial charge in [-0.1, -0.05) is 11.6 Å². The molecular weight excluding hydrogens is 349 g/mol. The van der Waals surface area contributed by atoms with E-state index in [0.29, 0.717) is 5.69 Å². The van der Waals surface area contributed by atoms with Crippen LogP contribution in [0.2, 0.25) is 5.02 Å². The fraction of sp³-hybridized carbons (Fsp3) is 0.118. The predicted octanol–water partition coefficient (Wildman–Crippen LogP) is 4.49. The van der Waals surface area contributed by atoms with Crippen LogP contribution >= 0.6 is 22.9 Å². The number of rotatable bonds is 4. The van der Waals surface area contributed by atoms with Crippen molar-refractivity contribution in [2.75, 3.05) is 5.32 Å². The van der Waals surface area contributed by atoms with Gasteiger partial charge in [0.15, 0.2) is 0 Å². The van der Waals surface area contributed by atoms with E-state index in [0.717, 1.165) is 21.1 Å². The van der Waals surface area contributed by atoms with Crippen molar-refractivity contribution in [3.8, 4) is 10.6 Å². The van der Waals surface area contributed by atoms with Crippen molar-refractivity contribution in [1.29, 1.82) is 0 Å². The van der Waals surface area contributed by atoms with E-state index >= 15 is 0 Å². The monoisotopic (exact) mass is 361 g/mol. The summed E-state index contributed by atoms with van der Waals surface area (Å²) in [6.07, 6.45) is 3.61. The van der Waals surface area contributed by atoms with Gasteiger partial charge in [-0.05, 0) is 37.3 Å². The maximum atomic E-state index is 13.1. The number of benzene rings is 1. The Morgan fingerprint density at radius 2 is 2.04 bits per heavy atom. The number of nitrogens with one attached hydrogen (secondary N) is 1. The number of hydrogen-bond donors (Lipinski definition) is 1. The Morgan fingerprint density at radius 3 is 2.75 bits per heavy atom. The molecule has 3 aromatic rings. The van der Waals surface area contributed by atoms with Gasteiger partial charge in [-0.15, -0.1) is 11.3 Å². The van der Waals surface area contributed by atoms with Gasteiger partial charge in [-0.2, -0.15) is 0 Å². The molecule has 3 rings (SSSR count). The lowest BCUT2D eigenvalue weighted by molar-refractivity contribution is -0.115. The molecule has 1 N–H and O–H groups in total. The second-order valence-corrected chi connectivity index (χ2v) is 6.61. The normalized spacial score (nSPS) is 10.6. The number of anilines is 1. The van der Waals surface area contributed by atoms with Crippen LogP contribution in [0.5, 0.6) is 0 Å². The second kappa shape index (κ2) is 7.07. The largest absolute Gasteiger partial charge is 0.326 e. The fourth-order valence-electron chi connectivity index (χ4n) is 2.13. The van der Waals surface area contributed by atoms with Crippen molar-refractivity contribution >= 4 is 34.5 Å². The van der Waals surface area contributed by atoms with E-state index in [1.807, 2.05) is 19.1 Å². The van der Waals surface area contributed by atoms with Crippen LogP contribution in [0.15, 0.2) is 42.7 Å². The minimum Gasteiger partial charge on any atom is -0.326 e. The number of pyridine rings is 1. The Hall–Kier alpha value is -2.31. The van der Waals surface area contributed by atoms with E-state index in [1.54, 1.807) is 12.4 Å². The van der Waals surface area contributed by atoms with E-state index < -0.39 is 5.82 Å². The Bertz CT molecular complexity index is 883. The van der Waals surface area contributed by atoms with E-state index in [-0.39, 0.29) is 17.4 Å². The molecule has 2 heterocycles. The van der Waals surface area contributed by atoms with E-state index in [2.05, 4.69) is 15.3 Å². The SMILES string of the molecule is Cc1nc(-c2ccncc2)sc1CC(=O)Nc1ccc(F)c(Cl)c1. The number of aryl methyl sites for hydroxylation is 1. The molecule has 0 atom stereocenters. The van der Waals surface area contributed by atoms with Crippen LogP contribution < -0.4 is 5.32 Å². The zero-order valence-corrected chi connectivity index (χ0v) is 14.3. The average Bonchev–Trinajstić information content (AvgIpc) is 2.93. The van der Waals surface area contributed by atoms with Crippen molar-refractivity contribution in [3.63, 3.8) is 0 Å². The Morgan fingerprint density at radius 1 is 1.29 bits per heavy atom. The molecule has 0 aliphatic rings. The van der Waals surface area contributed by atoms with Gasteiger partial charge in [0, 0.05) is 28.5 Å². The number of nitrogens with zero attached hydrogens (tertiary/aromatic N) is 2. The number of amides is 1. The van der Waals surface area contributed by atoms with Crippen LogP contribution in [0.1, 0.15) is 10.6 Å². The summed E-state index contributed by atoms with van der Waals surface area (Å²) in [4.78, 5) is 21.6. The van der Waals surface area contributed by atoms with Crippen LogP contribution in [0.25, 0.3) is 10.6 Å². The van der Waals surface area contributed by atoms with Gasteiger partial charge in [-0.25, -0.2) is 9.37 Å². The van der Waals surface area contributed by atoms with Crippen molar-refractivity contribution in [3.05, 3.63) is 64.1 Å². The van der Waals surface area contributed by atoms with E-state index in [9.17, 15) is 9.18 Å². The van der Waals surface area contributed by atoms with Crippen LogP contribution in [-0.4, -0.2) is 15.9 Å². The average molecular weight is 362 g/mol. The Labute approximate surface area is 147 Å². The molecular formula is C17H13ClFN3OS. The first-order valence-corrected chi connectivity index (χ1v) is 8.34. The first-order chi connectivity index (χ1) is 11.5. The van der Waals surface area contributed by atoms with Gasteiger partial charge < -0.3 is 5.32 Å². The van der Waals surface area contributed by atoms with E-state index in [1.165, 1.54) is 29.5 Å². The molecule has 4 nitrogen and oxygen atoms in total. The highest BCUT2D eigenvalue weighted by Crippen LogP contribution is 2.28. The highest BCUT2D eigenvalue weighted by molar-refractivity contribution is 7.15. The lowest BCUT2D eigenvalue weighted by Gasteiger charge is -2.05. The van der Waals surface area contributed by atoms with Gasteiger partial charge in [-0.3, -0.25) is 9.78 Å². The highest BCUT2D eigenvalue weighted by atomic mass is 35.5. The summed E-state index contributed by atoms with van der Waals surface area (Å²) in [6.45, 7) is 1.87. The standard InChI is InChI=1S/C17H13ClFN3OS/c1-10-15(24-17(21-10)11-4-6-20-7-5-11)9-16(23)22-12-2-3-14(19)13(18)8-12/h2-8H,9H2,1H3,(H,22,23). The van der Waals surface area contributed by atoms with Crippen LogP contribution in [0.4, 0.5) is 10.1 Å². The third kappa shape index (κ3) is 3.77. The van der Waals surface area contributed by atoms with Crippen molar-refractivity contribution in [2.24, 2.45) is 0 Å². The van der Waals surface area contributed by atoms with Gasteiger partial charge >= 0.3 is 0 Å². The molecule has 0 unspecified atom stereocenters. The molecule has 0 saturated heterocycles. The van der Waals surface area contributed by atoms with E-state index in [4.69, 9.17) is 11.6 Å². The second-order valence-electron chi connectivity index (χ2n) is 5.12. The molecule has 0 spiro atoms. The molecule has 0 aliphatic carbocycles. The minimum atomic E-state index is -0.519. The maximum absolute atomic E-state index is 13.1. The summed E-state index contributed by atoms with van der Waals surface area (Å²) >= 11 is 7.19. The van der Waals surface area contributed by atoms with Gasteiger partial charge in [0.25, 0.3) is 0 Å². The van der Waals surface area contributed by atoms with Gasteiger partial charge in [0.1, 0.15) is 10.8 Å². The summed E-state index contributed by atoms with van der Waals surface area (Å²) in [7, 11) is 0. The topological polar surface area (TPSA) is 54.9 Å². The minimum absolute atomic E-state index is 0.0262. The highest BCUT2D eigenvalue weighted by Gasteiger charge is 2.13. The lowest BCUT2D eigenvalue weighted by Crippen LogP contribution is -2.14. The maximum Gasteiger partial charge on any atom is 0.229 e. The van der Waals surface area contributed by atoms with Crippen molar-refractivity contribution < 1.29 is 9.18 Å². The number of carbonyl (C=O) groups is 1. The fourth-order valence-corrected chi connectivity index (χ4v) is 3.38. The molecule has 1 aromatic carbocycles. The quantitative estimate of drug-likeness (QED) is 0.745. The summed E-state index contributed by atoms with van der Waals surface area (Å²) in [6, 6.07) is 7.83. The molecule has 0 aliphatic heterocycles.